The van der Waals surface area contributed by atoms with Gasteiger partial charge in [-0.05, 0) is 32.7 Å². The van der Waals surface area contributed by atoms with Gasteiger partial charge in [-0.1, -0.05) is 0 Å². The van der Waals surface area contributed by atoms with E-state index in [0.717, 1.165) is 19.6 Å². The average Bonchev–Trinajstić information content (AvgIpc) is 2.74. The van der Waals surface area contributed by atoms with Gasteiger partial charge in [0, 0.05) is 38.0 Å². The predicted octanol–water partition coefficient (Wildman–Crippen LogP) is 0.936. The van der Waals surface area contributed by atoms with Crippen LogP contribution in [-0.4, -0.2) is 58.5 Å². The quantitative estimate of drug-likeness (QED) is 0.811. The maximum Gasteiger partial charge on any atom is 0.303 e. The monoisotopic (exact) mass is 254 g/mol. The van der Waals surface area contributed by atoms with E-state index in [2.05, 4.69) is 11.8 Å². The van der Waals surface area contributed by atoms with E-state index in [1.807, 2.05) is 4.90 Å². The van der Waals surface area contributed by atoms with Crippen molar-refractivity contribution >= 4 is 11.9 Å². The highest BCUT2D eigenvalue weighted by atomic mass is 16.4. The maximum atomic E-state index is 12.1. The predicted molar refractivity (Wildman–Crippen MR) is 67.3 cm³/mol. The molecular weight excluding hydrogens is 232 g/mol. The number of aliphatic carboxylic acids is 1. The number of carbonyl (C=O) groups excluding carboxylic acids is 1. The van der Waals surface area contributed by atoms with Gasteiger partial charge in [0.1, 0.15) is 0 Å². The van der Waals surface area contributed by atoms with Crippen LogP contribution in [0.2, 0.25) is 0 Å². The Morgan fingerprint density at radius 1 is 1.28 bits per heavy atom. The number of rotatable bonds is 4. The van der Waals surface area contributed by atoms with Crippen molar-refractivity contribution in [3.8, 4) is 0 Å². The molecule has 2 saturated heterocycles. The second-order valence-electron chi connectivity index (χ2n) is 5.43. The van der Waals surface area contributed by atoms with Crippen LogP contribution in [-0.2, 0) is 9.59 Å². The summed E-state index contributed by atoms with van der Waals surface area (Å²) in [6.45, 7) is 5.04. The lowest BCUT2D eigenvalue weighted by molar-refractivity contribution is -0.138. The molecule has 0 aromatic heterocycles. The van der Waals surface area contributed by atoms with E-state index in [1.54, 1.807) is 0 Å². The van der Waals surface area contributed by atoms with E-state index in [1.165, 1.54) is 12.8 Å². The van der Waals surface area contributed by atoms with E-state index in [-0.39, 0.29) is 18.4 Å². The Bertz CT molecular complexity index is 332. The van der Waals surface area contributed by atoms with Crippen molar-refractivity contribution in [2.24, 2.45) is 0 Å². The fourth-order valence-electron chi connectivity index (χ4n) is 3.07. The smallest absolute Gasteiger partial charge is 0.303 e. The molecule has 0 aromatic carbocycles. The highest BCUT2D eigenvalue weighted by Crippen LogP contribution is 2.25. The third kappa shape index (κ3) is 3.02. The van der Waals surface area contributed by atoms with Crippen molar-refractivity contribution in [3.63, 3.8) is 0 Å². The van der Waals surface area contributed by atoms with Gasteiger partial charge in [-0.25, -0.2) is 0 Å². The zero-order valence-corrected chi connectivity index (χ0v) is 11.0. The largest absolute Gasteiger partial charge is 0.481 e. The Morgan fingerprint density at radius 3 is 2.78 bits per heavy atom. The Labute approximate surface area is 108 Å². The van der Waals surface area contributed by atoms with Gasteiger partial charge < -0.3 is 10.0 Å². The lowest BCUT2D eigenvalue weighted by atomic mass is 10.1. The summed E-state index contributed by atoms with van der Waals surface area (Å²) in [5.41, 5.74) is 0. The number of hydrogen-bond acceptors (Lipinski definition) is 3. The maximum absolute atomic E-state index is 12.1. The third-order valence-electron chi connectivity index (χ3n) is 4.04. The zero-order chi connectivity index (χ0) is 13.1. The summed E-state index contributed by atoms with van der Waals surface area (Å²) in [5, 5.41) is 8.58. The van der Waals surface area contributed by atoms with Gasteiger partial charge in [-0.3, -0.25) is 14.5 Å². The van der Waals surface area contributed by atoms with Gasteiger partial charge in [0.15, 0.2) is 0 Å². The molecule has 2 atom stereocenters. The number of piperazine rings is 1. The molecule has 0 saturated carbocycles. The minimum absolute atomic E-state index is 0.0868. The second-order valence-corrected chi connectivity index (χ2v) is 5.43. The lowest BCUT2D eigenvalue weighted by Gasteiger charge is -2.42. The van der Waals surface area contributed by atoms with E-state index in [4.69, 9.17) is 5.11 Å². The Morgan fingerprint density at radius 2 is 2.06 bits per heavy atom. The summed E-state index contributed by atoms with van der Waals surface area (Å²) in [6, 6.07) is 0.793. The molecule has 2 fully saturated rings. The van der Waals surface area contributed by atoms with E-state index in [0.29, 0.717) is 18.9 Å². The number of carboxylic acid groups (broad SMARTS) is 1. The minimum Gasteiger partial charge on any atom is -0.481 e. The van der Waals surface area contributed by atoms with Crippen LogP contribution in [0.1, 0.15) is 39.0 Å². The van der Waals surface area contributed by atoms with E-state index in [9.17, 15) is 9.59 Å². The Kier molecular flexibility index (Phi) is 4.22. The van der Waals surface area contributed by atoms with Gasteiger partial charge in [-0.2, -0.15) is 0 Å². The molecule has 2 aliphatic rings. The van der Waals surface area contributed by atoms with Crippen LogP contribution in [0, 0.1) is 0 Å². The molecule has 5 heteroatoms. The molecule has 2 unspecified atom stereocenters. The summed E-state index contributed by atoms with van der Waals surface area (Å²) in [6.07, 6.45) is 3.32. The number of carbonyl (C=O) groups is 2. The number of nitrogens with zero attached hydrogens (tertiary/aromatic N) is 2. The average molecular weight is 254 g/mol. The summed E-state index contributed by atoms with van der Waals surface area (Å²) in [4.78, 5) is 27.0. The summed E-state index contributed by atoms with van der Waals surface area (Å²) >= 11 is 0. The van der Waals surface area contributed by atoms with Crippen molar-refractivity contribution in [1.29, 1.82) is 0 Å². The first kappa shape index (κ1) is 13.3. The summed E-state index contributed by atoms with van der Waals surface area (Å²) < 4.78 is 0. The van der Waals surface area contributed by atoms with Crippen molar-refractivity contribution in [1.82, 2.24) is 9.80 Å². The molecule has 0 aromatic rings. The number of hydrogen-bond donors (Lipinski definition) is 1. The fourth-order valence-corrected chi connectivity index (χ4v) is 3.07. The Balaban J connectivity index is 1.83. The molecule has 0 bridgehead atoms. The molecule has 102 valence electrons. The van der Waals surface area contributed by atoms with Crippen molar-refractivity contribution in [2.45, 2.75) is 51.1 Å². The molecule has 2 rings (SSSR count). The minimum atomic E-state index is -0.823. The lowest BCUT2D eigenvalue weighted by Crippen LogP contribution is -2.56. The molecule has 0 spiro atoms. The molecule has 0 aliphatic carbocycles. The number of fused-ring (bicyclic) bond motifs is 1. The third-order valence-corrected chi connectivity index (χ3v) is 4.04. The van der Waals surface area contributed by atoms with Gasteiger partial charge >= 0.3 is 5.97 Å². The van der Waals surface area contributed by atoms with Gasteiger partial charge in [0.05, 0.1) is 0 Å². The van der Waals surface area contributed by atoms with Crippen LogP contribution in [0.15, 0.2) is 0 Å². The normalized spacial score (nSPS) is 28.2. The summed E-state index contributed by atoms with van der Waals surface area (Å²) in [7, 11) is 0. The van der Waals surface area contributed by atoms with E-state index >= 15 is 0 Å². The highest BCUT2D eigenvalue weighted by molar-refractivity contribution is 5.77. The van der Waals surface area contributed by atoms with Crippen LogP contribution in [0.3, 0.4) is 0 Å². The SMILES string of the molecule is CC1CN2CCCC2CN1C(=O)CCCC(=O)O. The Hall–Kier alpha value is -1.10. The fraction of sp³-hybridized carbons (Fsp3) is 0.846. The molecule has 1 N–H and O–H groups in total. The number of amides is 1. The van der Waals surface area contributed by atoms with Crippen LogP contribution >= 0.6 is 0 Å². The molecule has 18 heavy (non-hydrogen) atoms. The molecule has 0 radical (unpaired) electrons. The van der Waals surface area contributed by atoms with Crippen LogP contribution in [0.5, 0.6) is 0 Å². The number of carboxylic acids is 1. The van der Waals surface area contributed by atoms with Crippen LogP contribution in [0.25, 0.3) is 0 Å². The molecule has 2 aliphatic heterocycles. The van der Waals surface area contributed by atoms with Crippen LogP contribution < -0.4 is 0 Å². The topological polar surface area (TPSA) is 60.9 Å². The van der Waals surface area contributed by atoms with Crippen molar-refractivity contribution in [2.75, 3.05) is 19.6 Å². The van der Waals surface area contributed by atoms with Gasteiger partial charge in [0.2, 0.25) is 5.91 Å². The molecule has 2 heterocycles. The molecule has 1 amide bonds. The van der Waals surface area contributed by atoms with Gasteiger partial charge in [0.25, 0.3) is 0 Å². The van der Waals surface area contributed by atoms with Crippen LogP contribution in [0.4, 0.5) is 0 Å². The van der Waals surface area contributed by atoms with Gasteiger partial charge in [-0.15, -0.1) is 0 Å². The molecular formula is C13H22N2O3. The zero-order valence-electron chi connectivity index (χ0n) is 11.0. The van der Waals surface area contributed by atoms with Crippen molar-refractivity contribution in [3.05, 3.63) is 0 Å². The molecule has 5 nitrogen and oxygen atoms in total. The van der Waals surface area contributed by atoms with Crippen molar-refractivity contribution < 1.29 is 14.7 Å². The first-order valence-electron chi connectivity index (χ1n) is 6.83. The highest BCUT2D eigenvalue weighted by Gasteiger charge is 2.36. The summed E-state index contributed by atoms with van der Waals surface area (Å²) in [5.74, 6) is -0.702. The first-order valence-corrected chi connectivity index (χ1v) is 6.83. The standard InChI is InChI=1S/C13H22N2O3/c1-10-8-14-7-3-4-11(14)9-15(10)12(16)5-2-6-13(17)18/h10-11H,2-9H2,1H3,(H,17,18). The second kappa shape index (κ2) is 5.69. The first-order chi connectivity index (χ1) is 8.58. The van der Waals surface area contributed by atoms with E-state index < -0.39 is 5.97 Å².